The van der Waals surface area contributed by atoms with Gasteiger partial charge in [-0.3, -0.25) is 0 Å². The van der Waals surface area contributed by atoms with Crippen molar-refractivity contribution in [3.05, 3.63) is 39.8 Å². The van der Waals surface area contributed by atoms with Crippen LogP contribution in [0, 0.1) is 6.92 Å². The molecule has 1 aromatic heterocycles. The van der Waals surface area contributed by atoms with Crippen LogP contribution in [0.1, 0.15) is 36.2 Å². The molecule has 0 atom stereocenters. The number of aromatic nitrogens is 1. The molecule has 1 aliphatic heterocycles. The number of fused-ring (bicyclic) bond motifs is 1. The van der Waals surface area contributed by atoms with Crippen molar-refractivity contribution < 1.29 is 9.47 Å². The van der Waals surface area contributed by atoms with Gasteiger partial charge in [0.25, 0.3) is 0 Å². The summed E-state index contributed by atoms with van der Waals surface area (Å²) in [5.41, 5.74) is 1.11. The van der Waals surface area contributed by atoms with Crippen molar-refractivity contribution in [2.45, 2.75) is 39.7 Å². The summed E-state index contributed by atoms with van der Waals surface area (Å²) < 4.78 is 10.9. The summed E-state index contributed by atoms with van der Waals surface area (Å²) in [6.45, 7) is 11.0. The van der Waals surface area contributed by atoms with Crippen molar-refractivity contribution in [2.24, 2.45) is 4.99 Å². The van der Waals surface area contributed by atoms with Gasteiger partial charge in [0, 0.05) is 29.6 Å². The molecule has 7 heteroatoms. The van der Waals surface area contributed by atoms with Gasteiger partial charge in [0.2, 0.25) is 6.79 Å². The van der Waals surface area contributed by atoms with Gasteiger partial charge in [-0.1, -0.05) is 19.9 Å². The van der Waals surface area contributed by atoms with Crippen molar-refractivity contribution in [3.63, 3.8) is 0 Å². The number of thiazole rings is 1. The lowest BCUT2D eigenvalue weighted by atomic mass is 9.84. The summed E-state index contributed by atoms with van der Waals surface area (Å²) in [5.74, 6) is 2.43. The molecule has 0 saturated carbocycles. The maximum atomic E-state index is 5.50. The molecule has 6 nitrogen and oxygen atoms in total. The Balaban J connectivity index is 1.65. The summed E-state index contributed by atoms with van der Waals surface area (Å²) in [5, 5.41) is 7.77. The summed E-state index contributed by atoms with van der Waals surface area (Å²) in [6, 6.07) is 6.13. The van der Waals surface area contributed by atoms with Crippen LogP contribution in [-0.2, 0) is 12.0 Å². The van der Waals surface area contributed by atoms with Crippen LogP contribution >= 0.6 is 11.3 Å². The van der Waals surface area contributed by atoms with E-state index in [0.717, 1.165) is 35.6 Å². The second-order valence-electron chi connectivity index (χ2n) is 6.87. The van der Waals surface area contributed by atoms with E-state index >= 15 is 0 Å². The smallest absolute Gasteiger partial charge is 0.231 e. The first-order chi connectivity index (χ1) is 12.5. The van der Waals surface area contributed by atoms with Crippen molar-refractivity contribution in [2.75, 3.05) is 19.9 Å². The van der Waals surface area contributed by atoms with Crippen LogP contribution in [0.4, 0.5) is 0 Å². The fourth-order valence-corrected chi connectivity index (χ4v) is 3.40. The SMILES string of the molecule is CCNC(=NCc1ncc(C)s1)NCC(C)(C)c1ccc2c(c1)OCO2. The number of rotatable bonds is 6. The Hall–Kier alpha value is -2.28. The van der Waals surface area contributed by atoms with Crippen LogP contribution < -0.4 is 20.1 Å². The molecule has 3 rings (SSSR count). The first kappa shape index (κ1) is 18.5. The Bertz CT molecular complexity index is 786. The standard InChI is InChI=1S/C19H26N4O2S/c1-5-20-18(22-10-17-21-9-13(2)26-17)23-11-19(3,4)14-6-7-15-16(8-14)25-12-24-15/h6-9H,5,10-12H2,1-4H3,(H2,20,22,23). The number of hydrogen-bond donors (Lipinski definition) is 2. The second kappa shape index (κ2) is 7.95. The highest BCUT2D eigenvalue weighted by molar-refractivity contribution is 7.11. The van der Waals surface area contributed by atoms with E-state index < -0.39 is 0 Å². The quantitative estimate of drug-likeness (QED) is 0.600. The average Bonchev–Trinajstić information content (AvgIpc) is 3.25. The van der Waals surface area contributed by atoms with E-state index in [9.17, 15) is 0 Å². The molecule has 2 N–H and O–H groups in total. The highest BCUT2D eigenvalue weighted by Crippen LogP contribution is 2.36. The number of guanidine groups is 1. The summed E-state index contributed by atoms with van der Waals surface area (Å²) >= 11 is 1.68. The van der Waals surface area contributed by atoms with Crippen molar-refractivity contribution in [1.29, 1.82) is 0 Å². The van der Waals surface area contributed by atoms with Gasteiger partial charge < -0.3 is 20.1 Å². The summed E-state index contributed by atoms with van der Waals surface area (Å²) in [4.78, 5) is 10.2. The zero-order valence-corrected chi connectivity index (χ0v) is 16.6. The average molecular weight is 375 g/mol. The third-order valence-electron chi connectivity index (χ3n) is 4.24. The third kappa shape index (κ3) is 4.46. The molecule has 140 valence electrons. The van der Waals surface area contributed by atoms with E-state index in [4.69, 9.17) is 9.47 Å². The molecule has 0 saturated heterocycles. The molecule has 2 aromatic rings. The van der Waals surface area contributed by atoms with E-state index in [2.05, 4.69) is 60.4 Å². The fourth-order valence-electron chi connectivity index (χ4n) is 2.69. The first-order valence-corrected chi connectivity index (χ1v) is 9.63. The van der Waals surface area contributed by atoms with E-state index in [-0.39, 0.29) is 5.41 Å². The number of aliphatic imine (C=N–C) groups is 1. The molecule has 0 radical (unpaired) electrons. The minimum Gasteiger partial charge on any atom is -0.454 e. The topological polar surface area (TPSA) is 67.8 Å². The number of nitrogens with zero attached hydrogens (tertiary/aromatic N) is 2. The highest BCUT2D eigenvalue weighted by Gasteiger charge is 2.24. The van der Waals surface area contributed by atoms with Crippen molar-refractivity contribution in [3.8, 4) is 11.5 Å². The lowest BCUT2D eigenvalue weighted by Gasteiger charge is -2.27. The molecular formula is C19H26N4O2S. The van der Waals surface area contributed by atoms with E-state index in [1.54, 1.807) is 11.3 Å². The Kier molecular flexibility index (Phi) is 5.66. The van der Waals surface area contributed by atoms with Gasteiger partial charge in [-0.05, 0) is 31.5 Å². The number of ether oxygens (including phenoxy) is 2. The molecule has 0 fully saturated rings. The van der Waals surface area contributed by atoms with Crippen LogP contribution in [0.15, 0.2) is 29.4 Å². The molecule has 1 aromatic carbocycles. The van der Waals surface area contributed by atoms with Gasteiger partial charge in [0.1, 0.15) is 5.01 Å². The Morgan fingerprint density at radius 2 is 2.08 bits per heavy atom. The normalized spacial score (nSPS) is 13.8. The molecule has 0 aliphatic carbocycles. The lowest BCUT2D eigenvalue weighted by molar-refractivity contribution is 0.174. The Labute approximate surface area is 158 Å². The predicted octanol–water partition coefficient (Wildman–Crippen LogP) is 3.21. The van der Waals surface area contributed by atoms with E-state index in [0.29, 0.717) is 13.3 Å². The van der Waals surface area contributed by atoms with Crippen LogP contribution in [0.5, 0.6) is 11.5 Å². The van der Waals surface area contributed by atoms with Gasteiger partial charge in [0.05, 0.1) is 6.54 Å². The summed E-state index contributed by atoms with van der Waals surface area (Å²) in [7, 11) is 0. The van der Waals surface area contributed by atoms with E-state index in [1.165, 1.54) is 10.4 Å². The molecule has 1 aliphatic rings. The summed E-state index contributed by atoms with van der Waals surface area (Å²) in [6.07, 6.45) is 1.89. The highest BCUT2D eigenvalue weighted by atomic mass is 32.1. The van der Waals surface area contributed by atoms with Gasteiger partial charge in [-0.15, -0.1) is 11.3 Å². The number of nitrogens with one attached hydrogen (secondary N) is 2. The third-order valence-corrected chi connectivity index (χ3v) is 5.14. The predicted molar refractivity (Wildman–Crippen MR) is 105 cm³/mol. The Morgan fingerprint density at radius 1 is 1.27 bits per heavy atom. The fraction of sp³-hybridized carbons (Fsp3) is 0.474. The van der Waals surface area contributed by atoms with Crippen molar-refractivity contribution in [1.82, 2.24) is 15.6 Å². The van der Waals surface area contributed by atoms with Crippen LogP contribution in [0.2, 0.25) is 0 Å². The van der Waals surface area contributed by atoms with Gasteiger partial charge >= 0.3 is 0 Å². The molecule has 0 unspecified atom stereocenters. The number of hydrogen-bond acceptors (Lipinski definition) is 5. The monoisotopic (exact) mass is 374 g/mol. The molecule has 26 heavy (non-hydrogen) atoms. The van der Waals surface area contributed by atoms with Crippen molar-refractivity contribution >= 4 is 17.3 Å². The van der Waals surface area contributed by atoms with Gasteiger partial charge in [0.15, 0.2) is 17.5 Å². The molecule has 0 spiro atoms. The molecular weight excluding hydrogens is 348 g/mol. The van der Waals surface area contributed by atoms with E-state index in [1.807, 2.05) is 12.3 Å². The molecule has 0 bridgehead atoms. The second-order valence-corrected chi connectivity index (χ2v) is 8.18. The Morgan fingerprint density at radius 3 is 2.81 bits per heavy atom. The number of benzene rings is 1. The molecule has 0 amide bonds. The first-order valence-electron chi connectivity index (χ1n) is 8.81. The minimum absolute atomic E-state index is 0.0884. The lowest BCUT2D eigenvalue weighted by Crippen LogP contribution is -2.43. The number of aryl methyl sites for hydroxylation is 1. The zero-order chi connectivity index (χ0) is 18.6. The van der Waals surface area contributed by atoms with Crippen LogP contribution in [-0.4, -0.2) is 30.8 Å². The van der Waals surface area contributed by atoms with Gasteiger partial charge in [-0.2, -0.15) is 0 Å². The molecule has 2 heterocycles. The van der Waals surface area contributed by atoms with Crippen LogP contribution in [0.3, 0.4) is 0 Å². The maximum Gasteiger partial charge on any atom is 0.231 e. The zero-order valence-electron chi connectivity index (χ0n) is 15.8. The minimum atomic E-state index is -0.0884. The largest absolute Gasteiger partial charge is 0.454 e. The van der Waals surface area contributed by atoms with Gasteiger partial charge in [-0.25, -0.2) is 9.98 Å². The van der Waals surface area contributed by atoms with Crippen LogP contribution in [0.25, 0.3) is 0 Å². The maximum absolute atomic E-state index is 5.50.